The van der Waals surface area contributed by atoms with Crippen LogP contribution in [0.1, 0.15) is 0 Å². The van der Waals surface area contributed by atoms with Gasteiger partial charge in [-0.3, -0.25) is 0 Å². The average molecular weight is 1030 g/mol. The highest BCUT2D eigenvalue weighted by Gasteiger charge is 2.31. The number of aromatic nitrogens is 2. The molecule has 0 N–H and O–H groups in total. The molecule has 0 atom stereocenters. The second-order valence-electron chi connectivity index (χ2n) is 13.0. The van der Waals surface area contributed by atoms with Gasteiger partial charge in [0.15, 0.2) is 10.3 Å². The first-order valence-corrected chi connectivity index (χ1v) is 24.5. The molecule has 4 aromatic carbocycles. The molecule has 0 bridgehead atoms. The van der Waals surface area contributed by atoms with Gasteiger partial charge < -0.3 is 9.80 Å². The lowest BCUT2D eigenvalue weighted by atomic mass is 10.2. The number of sulfonamides is 2. The van der Waals surface area contributed by atoms with E-state index in [-0.39, 0.29) is 14.8 Å². The molecule has 58 heavy (non-hydrogen) atoms. The van der Waals surface area contributed by atoms with Gasteiger partial charge in [0.1, 0.15) is 11.6 Å². The third-order valence-corrected chi connectivity index (χ3v) is 16.3. The molecule has 20 heteroatoms. The molecule has 6 aromatic rings. The van der Waals surface area contributed by atoms with Gasteiger partial charge in [-0.05, 0) is 72.8 Å². The molecule has 2 aliphatic heterocycles. The fourth-order valence-corrected chi connectivity index (χ4v) is 12.5. The lowest BCUT2D eigenvalue weighted by Gasteiger charge is -2.33. The number of nitrogens with zero attached hydrogens (tertiary/aromatic N) is 6. The van der Waals surface area contributed by atoms with Crippen molar-refractivity contribution < 1.29 is 25.6 Å². The molecule has 0 unspecified atom stereocenters. The lowest BCUT2D eigenvalue weighted by molar-refractivity contribution is 0.384. The van der Waals surface area contributed by atoms with Crippen molar-refractivity contribution in [3.63, 3.8) is 0 Å². The highest BCUT2D eigenvalue weighted by molar-refractivity contribution is 9.10. The third kappa shape index (κ3) is 9.94. The van der Waals surface area contributed by atoms with E-state index in [4.69, 9.17) is 23.2 Å². The maximum atomic E-state index is 13.6. The Hall–Kier alpha value is -3.04. The van der Waals surface area contributed by atoms with Crippen molar-refractivity contribution >= 4 is 108 Å². The Morgan fingerprint density at radius 1 is 0.586 bits per heavy atom. The normalized spacial score (nSPS) is 15.6. The van der Waals surface area contributed by atoms with Gasteiger partial charge in [0.05, 0.1) is 26.2 Å². The zero-order chi connectivity index (χ0) is 41.2. The first kappa shape index (κ1) is 43.1. The Morgan fingerprint density at radius 3 is 1.52 bits per heavy atom. The van der Waals surface area contributed by atoms with E-state index in [1.807, 2.05) is 15.7 Å². The molecule has 2 saturated heterocycles. The van der Waals surface area contributed by atoms with Crippen LogP contribution in [0.4, 0.5) is 19.0 Å². The van der Waals surface area contributed by atoms with Gasteiger partial charge >= 0.3 is 0 Å². The molecule has 0 amide bonds. The largest absolute Gasteiger partial charge is 0.345 e. The maximum Gasteiger partial charge on any atom is 0.243 e. The fourth-order valence-electron chi connectivity index (χ4n) is 6.23. The second-order valence-corrected chi connectivity index (χ2v) is 21.2. The molecule has 0 spiro atoms. The van der Waals surface area contributed by atoms with Crippen molar-refractivity contribution in [2.75, 3.05) is 62.2 Å². The molecular formula is C38H32Br2Cl2F2N6O4S4. The smallest absolute Gasteiger partial charge is 0.243 e. The molecule has 2 aromatic heterocycles. The van der Waals surface area contributed by atoms with E-state index < -0.39 is 31.7 Å². The van der Waals surface area contributed by atoms with E-state index in [0.29, 0.717) is 68.6 Å². The summed E-state index contributed by atoms with van der Waals surface area (Å²) in [6.07, 6.45) is 0. The molecule has 10 nitrogen and oxygen atoms in total. The fraction of sp³-hybridized carbons (Fsp3) is 0.211. The van der Waals surface area contributed by atoms with E-state index in [0.717, 1.165) is 30.5 Å². The van der Waals surface area contributed by atoms with Crippen LogP contribution in [0, 0.1) is 11.6 Å². The van der Waals surface area contributed by atoms with Crippen molar-refractivity contribution in [2.24, 2.45) is 0 Å². The van der Waals surface area contributed by atoms with Gasteiger partial charge in [-0.15, -0.1) is 22.7 Å². The molecule has 8 rings (SSSR count). The van der Waals surface area contributed by atoms with Crippen molar-refractivity contribution in [3.8, 4) is 22.5 Å². The number of piperazine rings is 2. The molecular weight excluding hydrogens is 1000 g/mol. The van der Waals surface area contributed by atoms with Crippen LogP contribution in [0.25, 0.3) is 22.5 Å². The first-order valence-electron chi connectivity index (χ1n) is 17.5. The van der Waals surface area contributed by atoms with Crippen molar-refractivity contribution in [1.29, 1.82) is 0 Å². The maximum absolute atomic E-state index is 13.6. The summed E-state index contributed by atoms with van der Waals surface area (Å²) in [6.45, 7) is 3.66. The number of hydrogen-bond donors (Lipinski definition) is 0. The van der Waals surface area contributed by atoms with Crippen LogP contribution in [0.15, 0.2) is 114 Å². The number of anilines is 2. The second kappa shape index (κ2) is 18.3. The summed E-state index contributed by atoms with van der Waals surface area (Å²) in [4.78, 5) is 13.9. The predicted octanol–water partition coefficient (Wildman–Crippen LogP) is 9.75. The molecule has 0 saturated carbocycles. The summed E-state index contributed by atoms with van der Waals surface area (Å²) in [5.74, 6) is -0.873. The van der Waals surface area contributed by atoms with Crippen LogP contribution in [0.3, 0.4) is 0 Å². The molecule has 4 heterocycles. The SMILES string of the molecule is O=S(=O)(c1cccc(Br)c1)N1CCN(c2nc(-c3cc(F)cc(Cl)c3)cs2)CC1.O=S(=O)(c1cccc(Br)c1)N1CCN(c2nc(-c3ccc(F)c(Cl)c3)cs2)CC1. The summed E-state index contributed by atoms with van der Waals surface area (Å²) in [5, 5.41) is 5.71. The Balaban J connectivity index is 0.000000177. The zero-order valence-corrected chi connectivity index (χ0v) is 38.1. The minimum absolute atomic E-state index is 0.0587. The quantitative estimate of drug-likeness (QED) is 0.149. The van der Waals surface area contributed by atoms with E-state index in [1.54, 1.807) is 66.7 Å². The highest BCUT2D eigenvalue weighted by Crippen LogP contribution is 2.33. The summed E-state index contributed by atoms with van der Waals surface area (Å²) in [5.41, 5.74) is 2.73. The van der Waals surface area contributed by atoms with Gasteiger partial charge in [-0.1, -0.05) is 67.2 Å². The molecule has 2 aliphatic rings. The van der Waals surface area contributed by atoms with Gasteiger partial charge in [0.2, 0.25) is 20.0 Å². The number of halogens is 6. The van der Waals surface area contributed by atoms with E-state index in [9.17, 15) is 25.6 Å². The third-order valence-electron chi connectivity index (χ3n) is 9.24. The average Bonchev–Trinajstić information content (AvgIpc) is 3.91. The van der Waals surface area contributed by atoms with E-state index in [2.05, 4.69) is 46.7 Å². The lowest BCUT2D eigenvalue weighted by Crippen LogP contribution is -2.48. The van der Waals surface area contributed by atoms with Crippen molar-refractivity contribution in [2.45, 2.75) is 9.79 Å². The topological polar surface area (TPSA) is 107 Å². The van der Waals surface area contributed by atoms with E-state index >= 15 is 0 Å². The monoisotopic (exact) mass is 1030 g/mol. The van der Waals surface area contributed by atoms with Crippen LogP contribution in [0.2, 0.25) is 10.0 Å². The van der Waals surface area contributed by atoms with Crippen LogP contribution in [-0.2, 0) is 20.0 Å². The van der Waals surface area contributed by atoms with Crippen LogP contribution in [-0.4, -0.2) is 87.8 Å². The minimum atomic E-state index is -3.53. The number of hydrogen-bond acceptors (Lipinski definition) is 10. The minimum Gasteiger partial charge on any atom is -0.345 e. The highest BCUT2D eigenvalue weighted by atomic mass is 79.9. The number of thiazole rings is 2. The number of benzene rings is 4. The Labute approximate surface area is 370 Å². The summed E-state index contributed by atoms with van der Waals surface area (Å²) in [6, 6.07) is 22.3. The van der Waals surface area contributed by atoms with E-state index in [1.165, 1.54) is 49.5 Å². The summed E-state index contributed by atoms with van der Waals surface area (Å²) >= 11 is 21.4. The standard InChI is InChI=1S/2C19H16BrClFN3O2S2/c20-14-2-1-3-17(10-14)29(26,27)25-6-4-24(5-7-25)19-23-18(12-28-19)13-8-15(21)11-16(22)9-13;20-14-2-1-3-15(11-14)29(26,27)25-8-6-24(7-9-25)19-23-18(12-28-19)13-4-5-17(22)16(21)10-13/h1-3,8-12H,4-7H2;1-5,10-12H,6-9H2. The van der Waals surface area contributed by atoms with Crippen LogP contribution < -0.4 is 9.80 Å². The van der Waals surface area contributed by atoms with Gasteiger partial charge in [-0.25, -0.2) is 35.6 Å². The van der Waals surface area contributed by atoms with Gasteiger partial charge in [-0.2, -0.15) is 8.61 Å². The first-order chi connectivity index (χ1) is 27.7. The summed E-state index contributed by atoms with van der Waals surface area (Å²) < 4.78 is 82.9. The number of rotatable bonds is 8. The Bertz CT molecular complexity index is 2640. The zero-order valence-electron chi connectivity index (χ0n) is 30.1. The predicted molar refractivity (Wildman–Crippen MR) is 235 cm³/mol. The molecule has 2 fully saturated rings. The molecule has 0 radical (unpaired) electrons. The van der Waals surface area contributed by atoms with Crippen molar-refractivity contribution in [1.82, 2.24) is 18.6 Å². The molecule has 304 valence electrons. The van der Waals surface area contributed by atoms with Gasteiger partial charge in [0, 0.05) is 88.2 Å². The Morgan fingerprint density at radius 2 is 1.07 bits per heavy atom. The van der Waals surface area contributed by atoms with Crippen LogP contribution in [0.5, 0.6) is 0 Å². The van der Waals surface area contributed by atoms with Gasteiger partial charge in [0.25, 0.3) is 0 Å². The summed E-state index contributed by atoms with van der Waals surface area (Å²) in [7, 11) is -7.06. The van der Waals surface area contributed by atoms with Crippen molar-refractivity contribution in [3.05, 3.63) is 126 Å². The Kier molecular flexibility index (Phi) is 13.6. The molecule has 0 aliphatic carbocycles. The van der Waals surface area contributed by atoms with Crippen LogP contribution >= 0.6 is 77.7 Å².